The molecule has 5 nitrogen and oxygen atoms in total. The van der Waals surface area contributed by atoms with Crippen molar-refractivity contribution in [3.05, 3.63) is 0 Å². The first-order valence-corrected chi connectivity index (χ1v) is 2.56. The molecule has 0 bridgehead atoms. The fourth-order valence-electron chi connectivity index (χ4n) is 0.491. The van der Waals surface area contributed by atoms with E-state index in [4.69, 9.17) is 0 Å². The molecule has 0 aromatic carbocycles. The Kier molecular flexibility index (Phi) is 1.35. The van der Waals surface area contributed by atoms with Crippen molar-refractivity contribution in [2.45, 2.75) is 13.0 Å². The summed E-state index contributed by atoms with van der Waals surface area (Å²) < 4.78 is 0. The number of hydrazine groups is 1. The molecule has 1 aliphatic heterocycles. The third-order valence-corrected chi connectivity index (χ3v) is 1.03. The van der Waals surface area contributed by atoms with Gasteiger partial charge in [-0.2, -0.15) is 0 Å². The van der Waals surface area contributed by atoms with E-state index in [9.17, 15) is 9.59 Å². The quantitative estimate of drug-likeness (QED) is 0.381. The number of amides is 3. The number of carbonyl (C=O) groups is 2. The van der Waals surface area contributed by atoms with Gasteiger partial charge in [0.2, 0.25) is 5.91 Å². The summed E-state index contributed by atoms with van der Waals surface area (Å²) in [7, 11) is 0. The third kappa shape index (κ3) is 1.17. The topological polar surface area (TPSA) is 70.2 Å². The zero-order chi connectivity index (χ0) is 6.85. The first-order chi connectivity index (χ1) is 4.20. The lowest BCUT2D eigenvalue weighted by Gasteiger charge is -2.19. The predicted octanol–water partition coefficient (Wildman–Crippen LogP) is -1.28. The normalized spacial score (nSPS) is 27.0. The summed E-state index contributed by atoms with van der Waals surface area (Å²) in [6, 6.07) is -0.846. The van der Waals surface area contributed by atoms with Gasteiger partial charge in [0.05, 0.1) is 0 Å². The molecule has 1 saturated heterocycles. The lowest BCUT2D eigenvalue weighted by molar-refractivity contribution is -0.122. The van der Waals surface area contributed by atoms with Crippen molar-refractivity contribution >= 4 is 11.9 Å². The Morgan fingerprint density at radius 2 is 2.11 bits per heavy atom. The van der Waals surface area contributed by atoms with E-state index in [0.717, 1.165) is 0 Å². The molecule has 0 aliphatic carbocycles. The third-order valence-electron chi connectivity index (χ3n) is 1.03. The Morgan fingerprint density at radius 3 is 2.56 bits per heavy atom. The van der Waals surface area contributed by atoms with Crippen LogP contribution in [0.2, 0.25) is 0 Å². The lowest BCUT2D eigenvalue weighted by atomic mass is 10.3. The summed E-state index contributed by atoms with van der Waals surface area (Å²) >= 11 is 0. The van der Waals surface area contributed by atoms with Crippen LogP contribution in [0, 0.1) is 0 Å². The average molecular weight is 129 g/mol. The first-order valence-electron chi connectivity index (χ1n) is 2.56. The minimum Gasteiger partial charge on any atom is -0.276 e. The van der Waals surface area contributed by atoms with Crippen LogP contribution in [-0.2, 0) is 4.79 Å². The van der Waals surface area contributed by atoms with Crippen molar-refractivity contribution in [1.29, 1.82) is 0 Å². The molecule has 1 aliphatic rings. The number of nitrogens with one attached hydrogen (secondary N) is 3. The minimum absolute atomic E-state index is 0.307. The van der Waals surface area contributed by atoms with Crippen LogP contribution in [0.1, 0.15) is 6.92 Å². The van der Waals surface area contributed by atoms with Crippen molar-refractivity contribution in [2.75, 3.05) is 0 Å². The fraction of sp³-hybridized carbons (Fsp3) is 0.500. The van der Waals surface area contributed by atoms with Gasteiger partial charge in [0.25, 0.3) is 0 Å². The number of carbonyl (C=O) groups excluding carboxylic acids is 2. The van der Waals surface area contributed by atoms with Crippen LogP contribution in [0.4, 0.5) is 4.79 Å². The van der Waals surface area contributed by atoms with Gasteiger partial charge in [-0.25, -0.2) is 10.2 Å². The van der Waals surface area contributed by atoms with Gasteiger partial charge in [0.1, 0.15) is 6.04 Å². The zero-order valence-electron chi connectivity index (χ0n) is 4.89. The van der Waals surface area contributed by atoms with E-state index in [-0.39, 0.29) is 11.9 Å². The van der Waals surface area contributed by atoms with Gasteiger partial charge in [0, 0.05) is 0 Å². The molecule has 9 heavy (non-hydrogen) atoms. The summed E-state index contributed by atoms with van der Waals surface area (Å²) in [6.07, 6.45) is 0. The molecule has 0 spiro atoms. The van der Waals surface area contributed by atoms with Gasteiger partial charge in [-0.1, -0.05) is 0 Å². The molecule has 3 amide bonds. The van der Waals surface area contributed by atoms with E-state index in [1.165, 1.54) is 0 Å². The smallest absolute Gasteiger partial charge is 0.276 e. The van der Waals surface area contributed by atoms with Gasteiger partial charge in [0.15, 0.2) is 0 Å². The monoisotopic (exact) mass is 129 g/mol. The molecule has 1 rings (SSSR count). The van der Waals surface area contributed by atoms with E-state index < -0.39 is 6.03 Å². The molecule has 0 aromatic heterocycles. The van der Waals surface area contributed by atoms with E-state index in [0.29, 0.717) is 0 Å². The van der Waals surface area contributed by atoms with Crippen molar-refractivity contribution in [3.63, 3.8) is 0 Å². The van der Waals surface area contributed by atoms with E-state index in [2.05, 4.69) is 16.2 Å². The summed E-state index contributed by atoms with van der Waals surface area (Å²) in [5, 5.41) is 2.08. The summed E-state index contributed by atoms with van der Waals surface area (Å²) in [6.45, 7) is 1.65. The highest BCUT2D eigenvalue weighted by molar-refractivity contribution is 5.98. The van der Waals surface area contributed by atoms with E-state index in [1.54, 1.807) is 6.92 Å². The molecule has 0 unspecified atom stereocenters. The molecule has 5 heteroatoms. The molecule has 0 radical (unpaired) electrons. The highest BCUT2D eigenvalue weighted by Gasteiger charge is 2.20. The Labute approximate surface area is 51.8 Å². The summed E-state index contributed by atoms with van der Waals surface area (Å²) in [4.78, 5) is 20.9. The molecular formula is C4H7N3O2. The van der Waals surface area contributed by atoms with Gasteiger partial charge in [-0.05, 0) is 6.92 Å². The Balaban J connectivity index is 2.54. The molecule has 1 heterocycles. The largest absolute Gasteiger partial charge is 0.335 e. The van der Waals surface area contributed by atoms with Crippen LogP contribution in [0.3, 0.4) is 0 Å². The second-order valence-electron chi connectivity index (χ2n) is 1.81. The average Bonchev–Trinajstić information content (AvgIpc) is 1.80. The van der Waals surface area contributed by atoms with Crippen LogP contribution in [-0.4, -0.2) is 18.0 Å². The van der Waals surface area contributed by atoms with Gasteiger partial charge < -0.3 is 0 Å². The number of imide groups is 1. The van der Waals surface area contributed by atoms with Gasteiger partial charge in [-0.3, -0.25) is 15.5 Å². The maximum absolute atomic E-state index is 10.6. The van der Waals surface area contributed by atoms with Crippen molar-refractivity contribution in [1.82, 2.24) is 16.2 Å². The van der Waals surface area contributed by atoms with E-state index >= 15 is 0 Å². The van der Waals surface area contributed by atoms with Crippen LogP contribution >= 0.6 is 0 Å². The van der Waals surface area contributed by atoms with Gasteiger partial charge >= 0.3 is 6.03 Å². The van der Waals surface area contributed by atoms with Crippen LogP contribution in [0.15, 0.2) is 0 Å². The lowest BCUT2D eigenvalue weighted by Crippen LogP contribution is -2.61. The SMILES string of the molecule is C[C@@H]1NNC(=O)NC1=O. The molecular weight excluding hydrogens is 122 g/mol. The predicted molar refractivity (Wildman–Crippen MR) is 29.3 cm³/mol. The second kappa shape index (κ2) is 2.02. The van der Waals surface area contributed by atoms with Crippen molar-refractivity contribution in [2.24, 2.45) is 0 Å². The molecule has 3 N–H and O–H groups in total. The van der Waals surface area contributed by atoms with Crippen LogP contribution in [0.25, 0.3) is 0 Å². The van der Waals surface area contributed by atoms with E-state index in [1.807, 2.05) is 0 Å². The highest BCUT2D eigenvalue weighted by atomic mass is 16.2. The zero-order valence-corrected chi connectivity index (χ0v) is 4.89. The molecule has 0 saturated carbocycles. The fourth-order valence-corrected chi connectivity index (χ4v) is 0.491. The maximum Gasteiger partial charge on any atom is 0.335 e. The van der Waals surface area contributed by atoms with Crippen molar-refractivity contribution in [3.8, 4) is 0 Å². The first kappa shape index (κ1) is 6.03. The number of hydrogen-bond donors (Lipinski definition) is 3. The molecule has 1 fully saturated rings. The van der Waals surface area contributed by atoms with Gasteiger partial charge in [-0.15, -0.1) is 0 Å². The highest BCUT2D eigenvalue weighted by Crippen LogP contribution is 1.83. The summed E-state index contributed by atoms with van der Waals surface area (Å²) in [5.41, 5.74) is 4.71. The standard InChI is InChI=1S/C4H7N3O2/c1-2-3(8)5-4(9)7-6-2/h2,6H,1H3,(H2,5,7,8,9)/t2-/m0/s1. The Hall–Kier alpha value is -1.10. The Morgan fingerprint density at radius 1 is 1.44 bits per heavy atom. The number of hydrogen-bond acceptors (Lipinski definition) is 3. The van der Waals surface area contributed by atoms with Crippen molar-refractivity contribution < 1.29 is 9.59 Å². The van der Waals surface area contributed by atoms with Crippen LogP contribution < -0.4 is 16.2 Å². The number of rotatable bonds is 0. The maximum atomic E-state index is 10.6. The second-order valence-corrected chi connectivity index (χ2v) is 1.81. The number of urea groups is 1. The van der Waals surface area contributed by atoms with Crippen LogP contribution in [0.5, 0.6) is 0 Å². The Bertz CT molecular complexity index is 156. The molecule has 1 atom stereocenters. The summed E-state index contributed by atoms with van der Waals surface area (Å²) in [5.74, 6) is -0.307. The molecule has 50 valence electrons. The minimum atomic E-state index is -0.502. The molecule has 0 aromatic rings.